The van der Waals surface area contributed by atoms with Gasteiger partial charge in [-0.05, 0) is 121 Å². The summed E-state index contributed by atoms with van der Waals surface area (Å²) in [6.45, 7) is 0. The summed E-state index contributed by atoms with van der Waals surface area (Å²) in [6.07, 6.45) is 0. The quantitative estimate of drug-likeness (QED) is 0.160. The Morgan fingerprint density at radius 2 is 0.929 bits per heavy atom. The smallest absolute Gasteiger partial charge is 0.135 e. The predicted octanol–water partition coefficient (Wildman–Crippen LogP) is 15.5. The molecule has 0 aliphatic rings. The molecule has 1 aromatic heterocycles. The Balaban J connectivity index is 1.08. The lowest BCUT2D eigenvalue weighted by Gasteiger charge is -2.28. The molecule has 2 heteroatoms. The molecular weight excluding hydrogens is 679 g/mol. The second kappa shape index (κ2) is 13.2. The summed E-state index contributed by atoms with van der Waals surface area (Å²) >= 11 is 0. The third kappa shape index (κ3) is 5.42. The average molecular weight is 714 g/mol. The minimum Gasteiger partial charge on any atom is -0.456 e. The van der Waals surface area contributed by atoms with Crippen molar-refractivity contribution in [1.29, 1.82) is 0 Å². The van der Waals surface area contributed by atoms with Crippen molar-refractivity contribution in [1.82, 2.24) is 0 Å². The summed E-state index contributed by atoms with van der Waals surface area (Å²) < 4.78 is 6.14. The van der Waals surface area contributed by atoms with E-state index in [0.29, 0.717) is 0 Å². The monoisotopic (exact) mass is 713 g/mol. The Bertz CT molecular complexity index is 3260. The number of hydrogen-bond acceptors (Lipinski definition) is 2. The van der Waals surface area contributed by atoms with Gasteiger partial charge in [-0.1, -0.05) is 152 Å². The highest BCUT2D eigenvalue weighted by molar-refractivity contribution is 6.14. The van der Waals surface area contributed by atoms with Crippen molar-refractivity contribution in [3.05, 3.63) is 212 Å². The fourth-order valence-corrected chi connectivity index (χ4v) is 8.51. The van der Waals surface area contributed by atoms with Crippen molar-refractivity contribution in [3.63, 3.8) is 0 Å². The van der Waals surface area contributed by atoms with Gasteiger partial charge >= 0.3 is 0 Å². The van der Waals surface area contributed by atoms with Crippen LogP contribution in [0.5, 0.6) is 0 Å². The standard InChI is InChI=1S/C54H35NO/c1-2-13-38-32-42(25-24-36(38)12-1)46-18-7-9-22-52(46)55(43-29-26-37(27-30-43)39-28-31-54-51(34-39)49-21-8-10-23-53(49)56-54)44-16-11-15-40(33-44)50-35-41-14-3-4-17-45(41)47-19-5-6-20-48(47)50/h1-35H. The Kier molecular flexibility index (Phi) is 7.53. The maximum absolute atomic E-state index is 6.14. The molecule has 0 atom stereocenters. The minimum absolute atomic E-state index is 0.905. The Hall–Kier alpha value is -7.42. The van der Waals surface area contributed by atoms with Gasteiger partial charge in [0.15, 0.2) is 0 Å². The molecule has 0 aliphatic heterocycles. The molecule has 262 valence electrons. The normalized spacial score (nSPS) is 11.6. The molecule has 0 radical (unpaired) electrons. The van der Waals surface area contributed by atoms with Crippen LogP contribution in [0.15, 0.2) is 217 Å². The summed E-state index contributed by atoms with van der Waals surface area (Å²) in [5, 5.41) is 9.75. The largest absolute Gasteiger partial charge is 0.456 e. The van der Waals surface area contributed by atoms with Gasteiger partial charge in [-0.3, -0.25) is 0 Å². The zero-order valence-electron chi connectivity index (χ0n) is 30.6. The molecule has 0 saturated carbocycles. The first-order chi connectivity index (χ1) is 27.7. The molecule has 1 heterocycles. The molecule has 0 saturated heterocycles. The highest BCUT2D eigenvalue weighted by Crippen LogP contribution is 2.44. The maximum atomic E-state index is 6.14. The fraction of sp³-hybridized carbons (Fsp3) is 0. The molecule has 10 aromatic carbocycles. The van der Waals surface area contributed by atoms with Crippen molar-refractivity contribution >= 4 is 71.3 Å². The van der Waals surface area contributed by atoms with E-state index < -0.39 is 0 Å². The highest BCUT2D eigenvalue weighted by Gasteiger charge is 2.19. The molecule has 0 unspecified atom stereocenters. The first kappa shape index (κ1) is 32.0. The molecule has 11 aromatic rings. The van der Waals surface area contributed by atoms with Crippen molar-refractivity contribution in [2.75, 3.05) is 4.90 Å². The predicted molar refractivity (Wildman–Crippen MR) is 237 cm³/mol. The number of fused-ring (bicyclic) bond motifs is 7. The molecule has 0 N–H and O–H groups in total. The second-order valence-corrected chi connectivity index (χ2v) is 14.5. The van der Waals surface area contributed by atoms with Crippen molar-refractivity contribution in [2.45, 2.75) is 0 Å². The Morgan fingerprint density at radius 3 is 1.80 bits per heavy atom. The first-order valence-electron chi connectivity index (χ1n) is 19.2. The van der Waals surface area contributed by atoms with Gasteiger partial charge in [0.05, 0.1) is 5.69 Å². The van der Waals surface area contributed by atoms with Crippen LogP contribution >= 0.6 is 0 Å². The lowest BCUT2D eigenvalue weighted by molar-refractivity contribution is 0.669. The van der Waals surface area contributed by atoms with E-state index in [1.54, 1.807) is 0 Å². The number of rotatable bonds is 6. The van der Waals surface area contributed by atoms with E-state index in [4.69, 9.17) is 4.42 Å². The molecule has 0 spiro atoms. The summed E-state index contributed by atoms with van der Waals surface area (Å²) in [5.74, 6) is 0. The zero-order chi connectivity index (χ0) is 37.0. The van der Waals surface area contributed by atoms with E-state index in [1.165, 1.54) is 54.6 Å². The van der Waals surface area contributed by atoms with Crippen LogP contribution in [0.3, 0.4) is 0 Å². The van der Waals surface area contributed by atoms with E-state index in [2.05, 4.69) is 205 Å². The van der Waals surface area contributed by atoms with Crippen molar-refractivity contribution < 1.29 is 4.42 Å². The van der Waals surface area contributed by atoms with Gasteiger partial charge in [0, 0.05) is 27.7 Å². The zero-order valence-corrected chi connectivity index (χ0v) is 30.6. The van der Waals surface area contributed by atoms with E-state index >= 15 is 0 Å². The third-order valence-electron chi connectivity index (χ3n) is 11.2. The van der Waals surface area contributed by atoms with Crippen LogP contribution in [0, 0.1) is 0 Å². The number of nitrogens with zero attached hydrogens (tertiary/aromatic N) is 1. The first-order valence-corrected chi connectivity index (χ1v) is 19.2. The molecule has 0 amide bonds. The van der Waals surface area contributed by atoms with Crippen LogP contribution < -0.4 is 4.90 Å². The molecule has 0 aliphatic carbocycles. The van der Waals surface area contributed by atoms with Crippen LogP contribution in [0.2, 0.25) is 0 Å². The van der Waals surface area contributed by atoms with Crippen LogP contribution in [-0.4, -0.2) is 0 Å². The summed E-state index contributed by atoms with van der Waals surface area (Å²) in [6, 6.07) is 76.7. The van der Waals surface area contributed by atoms with Gasteiger partial charge in [0.1, 0.15) is 11.2 Å². The van der Waals surface area contributed by atoms with Gasteiger partial charge in [-0.2, -0.15) is 0 Å². The number of benzene rings is 10. The number of furan rings is 1. The summed E-state index contributed by atoms with van der Waals surface area (Å²) in [5.41, 5.74) is 12.2. The highest BCUT2D eigenvalue weighted by atomic mass is 16.3. The Morgan fingerprint density at radius 1 is 0.286 bits per heavy atom. The van der Waals surface area contributed by atoms with Gasteiger partial charge in [0.25, 0.3) is 0 Å². The Labute approximate surface area is 325 Å². The number of para-hydroxylation sites is 2. The molecule has 11 rings (SSSR count). The fourth-order valence-electron chi connectivity index (χ4n) is 8.51. The van der Waals surface area contributed by atoms with E-state index in [0.717, 1.165) is 50.1 Å². The molecule has 0 fully saturated rings. The van der Waals surface area contributed by atoms with E-state index in [-0.39, 0.29) is 0 Å². The molecule has 0 bridgehead atoms. The van der Waals surface area contributed by atoms with Crippen LogP contribution in [-0.2, 0) is 0 Å². The van der Waals surface area contributed by atoms with Crippen molar-refractivity contribution in [3.8, 4) is 33.4 Å². The van der Waals surface area contributed by atoms with E-state index in [9.17, 15) is 0 Å². The van der Waals surface area contributed by atoms with E-state index in [1.807, 2.05) is 12.1 Å². The van der Waals surface area contributed by atoms with Crippen LogP contribution in [0.4, 0.5) is 17.1 Å². The van der Waals surface area contributed by atoms with Crippen LogP contribution in [0.25, 0.3) is 87.6 Å². The van der Waals surface area contributed by atoms with Gasteiger partial charge in [-0.15, -0.1) is 0 Å². The molecular formula is C54H35NO. The topological polar surface area (TPSA) is 16.4 Å². The average Bonchev–Trinajstić information content (AvgIpc) is 3.65. The van der Waals surface area contributed by atoms with Gasteiger partial charge in [0.2, 0.25) is 0 Å². The summed E-state index contributed by atoms with van der Waals surface area (Å²) in [4.78, 5) is 2.41. The maximum Gasteiger partial charge on any atom is 0.135 e. The molecule has 2 nitrogen and oxygen atoms in total. The minimum atomic E-state index is 0.905. The molecule has 56 heavy (non-hydrogen) atoms. The van der Waals surface area contributed by atoms with Crippen molar-refractivity contribution in [2.24, 2.45) is 0 Å². The lowest BCUT2D eigenvalue weighted by atomic mass is 9.93. The summed E-state index contributed by atoms with van der Waals surface area (Å²) in [7, 11) is 0. The SMILES string of the molecule is c1cc(-c2cc3ccccc3c3ccccc23)cc(N(c2ccc(-c3ccc4oc5ccccc5c4c3)cc2)c2ccccc2-c2ccc3ccccc3c2)c1. The van der Waals surface area contributed by atoms with Gasteiger partial charge in [-0.25, -0.2) is 0 Å². The van der Waals surface area contributed by atoms with Crippen LogP contribution in [0.1, 0.15) is 0 Å². The second-order valence-electron chi connectivity index (χ2n) is 14.5. The third-order valence-corrected chi connectivity index (χ3v) is 11.2. The number of hydrogen-bond donors (Lipinski definition) is 0. The van der Waals surface area contributed by atoms with Gasteiger partial charge < -0.3 is 9.32 Å². The number of anilines is 3. The lowest BCUT2D eigenvalue weighted by Crippen LogP contribution is -2.11.